The number of guanidine groups is 1. The summed E-state index contributed by atoms with van der Waals surface area (Å²) < 4.78 is 0. The molecule has 18 heavy (non-hydrogen) atoms. The molecule has 2 aliphatic rings. The van der Waals surface area contributed by atoms with E-state index in [1.807, 2.05) is 0 Å². The summed E-state index contributed by atoms with van der Waals surface area (Å²) in [5, 5.41) is 3.47. The Morgan fingerprint density at radius 1 is 1.00 bits per heavy atom. The molecule has 0 radical (unpaired) electrons. The predicted molar refractivity (Wildman–Crippen MR) is 76.2 cm³/mol. The minimum absolute atomic E-state index is 0.437. The molecule has 0 amide bonds. The molecule has 0 aliphatic heterocycles. The lowest BCUT2D eigenvalue weighted by Crippen LogP contribution is -2.46. The van der Waals surface area contributed by atoms with E-state index < -0.39 is 0 Å². The molecule has 0 bridgehead atoms. The first-order valence-electron chi connectivity index (χ1n) is 7.60. The topological polar surface area (TPSA) is 62.4 Å². The molecule has 2 fully saturated rings. The van der Waals surface area contributed by atoms with Gasteiger partial charge in [0.25, 0.3) is 0 Å². The summed E-state index contributed by atoms with van der Waals surface area (Å²) >= 11 is 0. The lowest BCUT2D eigenvalue weighted by Gasteiger charge is -2.21. The number of nitrogens with one attached hydrogen (secondary N) is 2. The first-order chi connectivity index (χ1) is 8.79. The van der Waals surface area contributed by atoms with E-state index in [0.717, 1.165) is 5.96 Å². The fourth-order valence-electron chi connectivity index (χ4n) is 3.21. The molecule has 2 atom stereocenters. The molecule has 0 saturated heterocycles. The highest BCUT2D eigenvalue weighted by Crippen LogP contribution is 2.25. The number of aliphatic imine (C=N–C) groups is 1. The molecule has 4 heteroatoms. The van der Waals surface area contributed by atoms with Gasteiger partial charge in [0.2, 0.25) is 5.96 Å². The largest absolute Gasteiger partial charge is 0.353 e. The van der Waals surface area contributed by atoms with E-state index in [-0.39, 0.29) is 0 Å². The molecular weight excluding hydrogens is 224 g/mol. The highest BCUT2D eigenvalue weighted by Gasteiger charge is 2.21. The van der Waals surface area contributed by atoms with E-state index >= 15 is 0 Å². The van der Waals surface area contributed by atoms with Crippen molar-refractivity contribution in [3.8, 4) is 0 Å². The van der Waals surface area contributed by atoms with Crippen LogP contribution in [0.2, 0.25) is 0 Å². The standard InChI is InChI=1S/C14H28N4/c1-11-7-3-2-4-10-13(11)17-14(18-15)16-12-8-5-6-9-12/h11-13H,2-10,15H2,1H3,(H2,16,17,18). The zero-order valence-electron chi connectivity index (χ0n) is 11.6. The lowest BCUT2D eigenvalue weighted by atomic mass is 9.98. The van der Waals surface area contributed by atoms with Crippen molar-refractivity contribution < 1.29 is 0 Å². The van der Waals surface area contributed by atoms with Gasteiger partial charge in [-0.1, -0.05) is 39.0 Å². The normalized spacial score (nSPS) is 31.1. The van der Waals surface area contributed by atoms with Gasteiger partial charge in [-0.2, -0.15) is 0 Å². The van der Waals surface area contributed by atoms with Gasteiger partial charge < -0.3 is 5.32 Å². The third kappa shape index (κ3) is 3.87. The zero-order valence-corrected chi connectivity index (χ0v) is 11.6. The van der Waals surface area contributed by atoms with Crippen LogP contribution in [-0.4, -0.2) is 18.0 Å². The summed E-state index contributed by atoms with van der Waals surface area (Å²) in [7, 11) is 0. The molecule has 0 heterocycles. The molecule has 0 aromatic heterocycles. The van der Waals surface area contributed by atoms with Gasteiger partial charge in [0, 0.05) is 6.04 Å². The molecular formula is C14H28N4. The maximum Gasteiger partial charge on any atom is 0.206 e. The number of nitrogens with zero attached hydrogens (tertiary/aromatic N) is 1. The molecule has 0 aromatic rings. The molecule has 4 N–H and O–H groups in total. The molecule has 2 unspecified atom stereocenters. The molecule has 2 saturated carbocycles. The zero-order chi connectivity index (χ0) is 12.8. The molecule has 2 rings (SSSR count). The Labute approximate surface area is 111 Å². The van der Waals surface area contributed by atoms with Crippen LogP contribution < -0.4 is 16.6 Å². The Balaban J connectivity index is 1.93. The van der Waals surface area contributed by atoms with Gasteiger partial charge >= 0.3 is 0 Å². The van der Waals surface area contributed by atoms with Gasteiger partial charge in [-0.25, -0.2) is 10.8 Å². The third-order valence-electron chi connectivity index (χ3n) is 4.44. The third-order valence-corrected chi connectivity index (χ3v) is 4.44. The predicted octanol–water partition coefficient (Wildman–Crippen LogP) is 2.31. The summed E-state index contributed by atoms with van der Waals surface area (Å²) in [5.74, 6) is 7.10. The number of nitrogens with two attached hydrogens (primary N) is 1. The molecule has 0 spiro atoms. The molecule has 2 aliphatic carbocycles. The average Bonchev–Trinajstić information content (AvgIpc) is 2.80. The van der Waals surface area contributed by atoms with Crippen molar-refractivity contribution in [3.05, 3.63) is 0 Å². The quantitative estimate of drug-likeness (QED) is 0.232. The van der Waals surface area contributed by atoms with Crippen LogP contribution in [0.25, 0.3) is 0 Å². The van der Waals surface area contributed by atoms with E-state index in [1.54, 1.807) is 0 Å². The first-order valence-corrected chi connectivity index (χ1v) is 7.60. The van der Waals surface area contributed by atoms with Crippen LogP contribution >= 0.6 is 0 Å². The van der Waals surface area contributed by atoms with Crippen LogP contribution in [0.4, 0.5) is 0 Å². The SMILES string of the molecule is CC1CCCCCC1N=C(NN)NC1CCCC1. The Hall–Kier alpha value is -0.770. The van der Waals surface area contributed by atoms with Crippen molar-refractivity contribution in [2.45, 2.75) is 76.8 Å². The van der Waals surface area contributed by atoms with E-state index in [2.05, 4.69) is 17.7 Å². The minimum atomic E-state index is 0.437. The van der Waals surface area contributed by atoms with Crippen molar-refractivity contribution >= 4 is 5.96 Å². The Morgan fingerprint density at radius 2 is 1.67 bits per heavy atom. The Kier molecular flexibility index (Phi) is 5.29. The van der Waals surface area contributed by atoms with Gasteiger partial charge in [-0.3, -0.25) is 5.43 Å². The van der Waals surface area contributed by atoms with Crippen molar-refractivity contribution in [1.29, 1.82) is 0 Å². The van der Waals surface area contributed by atoms with Crippen LogP contribution in [0.15, 0.2) is 4.99 Å². The summed E-state index contributed by atoms with van der Waals surface area (Å²) in [4.78, 5) is 4.83. The van der Waals surface area contributed by atoms with Crippen molar-refractivity contribution in [2.24, 2.45) is 16.8 Å². The molecule has 4 nitrogen and oxygen atoms in total. The monoisotopic (exact) mass is 252 g/mol. The average molecular weight is 252 g/mol. The second-order valence-electron chi connectivity index (χ2n) is 5.93. The fourth-order valence-corrected chi connectivity index (χ4v) is 3.21. The summed E-state index contributed by atoms with van der Waals surface area (Å²) in [6.07, 6.45) is 11.7. The highest BCUT2D eigenvalue weighted by atomic mass is 15.3. The van der Waals surface area contributed by atoms with E-state index in [1.165, 1.54) is 57.8 Å². The van der Waals surface area contributed by atoms with Gasteiger partial charge in [0.1, 0.15) is 0 Å². The van der Waals surface area contributed by atoms with Gasteiger partial charge in [-0.15, -0.1) is 0 Å². The number of hydrazine groups is 1. The number of hydrogen-bond acceptors (Lipinski definition) is 2. The Bertz CT molecular complexity index is 271. The summed E-state index contributed by atoms with van der Waals surface area (Å²) in [6.45, 7) is 2.32. The van der Waals surface area contributed by atoms with Crippen LogP contribution in [0.3, 0.4) is 0 Å². The summed E-state index contributed by atoms with van der Waals surface area (Å²) in [6, 6.07) is 1.01. The lowest BCUT2D eigenvalue weighted by molar-refractivity contribution is 0.430. The van der Waals surface area contributed by atoms with E-state index in [4.69, 9.17) is 10.8 Å². The maximum atomic E-state index is 5.61. The first kappa shape index (κ1) is 13.7. The van der Waals surface area contributed by atoms with Gasteiger partial charge in [-0.05, 0) is 31.6 Å². The van der Waals surface area contributed by atoms with Crippen LogP contribution in [0, 0.1) is 5.92 Å². The second kappa shape index (κ2) is 6.98. The molecule has 104 valence electrons. The van der Waals surface area contributed by atoms with E-state index in [0.29, 0.717) is 18.0 Å². The highest BCUT2D eigenvalue weighted by molar-refractivity contribution is 5.79. The van der Waals surface area contributed by atoms with Crippen molar-refractivity contribution in [1.82, 2.24) is 10.7 Å². The van der Waals surface area contributed by atoms with Crippen molar-refractivity contribution in [2.75, 3.05) is 0 Å². The number of rotatable bonds is 2. The van der Waals surface area contributed by atoms with E-state index in [9.17, 15) is 0 Å². The van der Waals surface area contributed by atoms with Crippen LogP contribution in [0.5, 0.6) is 0 Å². The fraction of sp³-hybridized carbons (Fsp3) is 0.929. The van der Waals surface area contributed by atoms with Crippen LogP contribution in [-0.2, 0) is 0 Å². The Morgan fingerprint density at radius 3 is 2.39 bits per heavy atom. The second-order valence-corrected chi connectivity index (χ2v) is 5.93. The van der Waals surface area contributed by atoms with Crippen LogP contribution in [0.1, 0.15) is 64.7 Å². The smallest absolute Gasteiger partial charge is 0.206 e. The number of hydrogen-bond donors (Lipinski definition) is 3. The molecule has 0 aromatic carbocycles. The summed E-state index contributed by atoms with van der Waals surface area (Å²) in [5.41, 5.74) is 2.76. The minimum Gasteiger partial charge on any atom is -0.353 e. The maximum absolute atomic E-state index is 5.61. The van der Waals surface area contributed by atoms with Gasteiger partial charge in [0.15, 0.2) is 0 Å². The van der Waals surface area contributed by atoms with Gasteiger partial charge in [0.05, 0.1) is 6.04 Å². The van der Waals surface area contributed by atoms with Crippen molar-refractivity contribution in [3.63, 3.8) is 0 Å².